The van der Waals surface area contributed by atoms with Crippen molar-refractivity contribution in [3.63, 3.8) is 0 Å². The average molecular weight is 438 g/mol. The lowest BCUT2D eigenvalue weighted by Gasteiger charge is -2.13. The molecule has 3 N–H and O–H groups in total. The zero-order valence-corrected chi connectivity index (χ0v) is 17.7. The first-order valence-electron chi connectivity index (χ1n) is 10.6. The molecule has 164 valence electrons. The summed E-state index contributed by atoms with van der Waals surface area (Å²) in [6.45, 7) is 0. The van der Waals surface area contributed by atoms with Gasteiger partial charge in [-0.2, -0.15) is 0 Å². The Morgan fingerprint density at radius 1 is 0.606 bits per heavy atom. The first-order chi connectivity index (χ1) is 16.0. The number of hydrogen-bond donors (Lipinski definition) is 3. The molecule has 0 unspecified atom stereocenters. The number of ether oxygens (including phenoxy) is 2. The van der Waals surface area contributed by atoms with Crippen molar-refractivity contribution in [3.8, 4) is 40.2 Å². The van der Waals surface area contributed by atoms with Crippen molar-refractivity contribution in [2.45, 2.75) is 12.8 Å². The van der Waals surface area contributed by atoms with Crippen LogP contribution in [0.4, 0.5) is 0 Å². The molecule has 4 aromatic rings. The van der Waals surface area contributed by atoms with Gasteiger partial charge in [-0.1, -0.05) is 36.4 Å². The minimum absolute atomic E-state index is 0.110. The Morgan fingerprint density at radius 3 is 2.24 bits per heavy atom. The number of aromatic hydroxyl groups is 3. The fraction of sp³-hybridized carbons (Fsp3) is 0.0714. The van der Waals surface area contributed by atoms with Gasteiger partial charge in [0.25, 0.3) is 0 Å². The maximum Gasteiger partial charge on any atom is 0.201 e. The summed E-state index contributed by atoms with van der Waals surface area (Å²) in [7, 11) is 0. The van der Waals surface area contributed by atoms with Crippen molar-refractivity contribution in [1.82, 2.24) is 0 Å². The molecule has 0 atom stereocenters. The van der Waals surface area contributed by atoms with Crippen LogP contribution in [0.25, 0.3) is 12.2 Å². The molecular weight excluding hydrogens is 416 g/mol. The smallest absolute Gasteiger partial charge is 0.201 e. The Kier molecular flexibility index (Phi) is 5.37. The lowest BCUT2D eigenvalue weighted by molar-refractivity contribution is 0.372. The predicted molar refractivity (Wildman–Crippen MR) is 127 cm³/mol. The van der Waals surface area contributed by atoms with Gasteiger partial charge in [0.2, 0.25) is 5.75 Å². The number of rotatable bonds is 0. The summed E-state index contributed by atoms with van der Waals surface area (Å²) in [5, 5.41) is 30.5. The third-order valence-electron chi connectivity index (χ3n) is 5.51. The first-order valence-corrected chi connectivity index (χ1v) is 10.6. The topological polar surface area (TPSA) is 79.2 Å². The second-order valence-corrected chi connectivity index (χ2v) is 7.94. The second kappa shape index (κ2) is 8.63. The van der Waals surface area contributed by atoms with Crippen molar-refractivity contribution in [3.05, 3.63) is 101 Å². The van der Waals surface area contributed by atoms with E-state index < -0.39 is 0 Å². The van der Waals surface area contributed by atoms with Crippen LogP contribution >= 0.6 is 0 Å². The molecule has 0 saturated carbocycles. The van der Waals surface area contributed by atoms with E-state index in [-0.39, 0.29) is 23.0 Å². The third kappa shape index (κ3) is 4.62. The van der Waals surface area contributed by atoms with E-state index >= 15 is 0 Å². The second-order valence-electron chi connectivity index (χ2n) is 7.94. The molecule has 5 heteroatoms. The van der Waals surface area contributed by atoms with Gasteiger partial charge in [-0.3, -0.25) is 0 Å². The van der Waals surface area contributed by atoms with Gasteiger partial charge in [0, 0.05) is 5.56 Å². The van der Waals surface area contributed by atoms with Crippen LogP contribution in [-0.4, -0.2) is 15.3 Å². The predicted octanol–water partition coefficient (Wildman–Crippen LogP) is 6.66. The molecule has 6 rings (SSSR count). The molecule has 2 heterocycles. The van der Waals surface area contributed by atoms with E-state index in [0.29, 0.717) is 28.4 Å². The minimum atomic E-state index is -0.328. The molecule has 4 aromatic carbocycles. The number of aryl methyl sites for hydroxylation is 2. The standard InChI is InChI=1S/C28H22O5/c29-22-10-13-26-21(17-22)9-6-20-15-25(30)28(31)27(16-20)32-23-11-7-18(8-12-23)4-5-19-2-1-3-24(14-19)33-26/h1-3,6-17,29-31H,4-5H2/b9-6-. The van der Waals surface area contributed by atoms with E-state index in [4.69, 9.17) is 9.47 Å². The van der Waals surface area contributed by atoms with Crippen LogP contribution in [0.3, 0.4) is 0 Å². The van der Waals surface area contributed by atoms with Gasteiger partial charge in [-0.25, -0.2) is 0 Å². The van der Waals surface area contributed by atoms with Gasteiger partial charge in [-0.05, 0) is 84.1 Å². The summed E-state index contributed by atoms with van der Waals surface area (Å²) in [6, 6.07) is 23.6. The Hall–Kier alpha value is -4.38. The van der Waals surface area contributed by atoms with Crippen molar-refractivity contribution >= 4 is 12.2 Å². The van der Waals surface area contributed by atoms with Gasteiger partial charge in [0.1, 0.15) is 23.0 Å². The Balaban J connectivity index is 1.62. The molecule has 5 nitrogen and oxygen atoms in total. The van der Waals surface area contributed by atoms with Crippen molar-refractivity contribution in [2.24, 2.45) is 0 Å². The Morgan fingerprint density at radius 2 is 1.39 bits per heavy atom. The molecule has 0 amide bonds. The highest BCUT2D eigenvalue weighted by molar-refractivity contribution is 5.75. The summed E-state index contributed by atoms with van der Waals surface area (Å²) in [6.07, 6.45) is 5.21. The van der Waals surface area contributed by atoms with E-state index in [9.17, 15) is 15.3 Å². The summed E-state index contributed by atoms with van der Waals surface area (Å²) >= 11 is 0. The molecule has 0 saturated heterocycles. The van der Waals surface area contributed by atoms with E-state index in [0.717, 1.165) is 24.0 Å². The van der Waals surface area contributed by atoms with Gasteiger partial charge in [-0.15, -0.1) is 0 Å². The maximum absolute atomic E-state index is 10.3. The van der Waals surface area contributed by atoms with Gasteiger partial charge in [0.15, 0.2) is 11.5 Å². The van der Waals surface area contributed by atoms with Crippen LogP contribution in [0.2, 0.25) is 0 Å². The zero-order valence-electron chi connectivity index (χ0n) is 17.7. The fourth-order valence-electron chi connectivity index (χ4n) is 3.76. The summed E-state index contributed by atoms with van der Waals surface area (Å²) in [5.74, 6) is 1.48. The molecule has 0 aliphatic carbocycles. The number of phenols is 3. The monoisotopic (exact) mass is 438 g/mol. The molecule has 0 radical (unpaired) electrons. The first kappa shape index (κ1) is 20.5. The number of benzene rings is 4. The summed E-state index contributed by atoms with van der Waals surface area (Å²) in [4.78, 5) is 0. The Labute approximate surface area is 191 Å². The molecular formula is C28H22O5. The SMILES string of the molecule is Oc1ccc2c(c1)/C=C\c1cc(O)c(O)c(c1)Oc1ccc(cc1)CCc1cccc(c1)O2. The molecule has 0 fully saturated rings. The van der Waals surface area contributed by atoms with Crippen LogP contribution in [0.1, 0.15) is 22.3 Å². The van der Waals surface area contributed by atoms with Crippen LogP contribution in [-0.2, 0) is 12.8 Å². The highest BCUT2D eigenvalue weighted by Gasteiger charge is 2.12. The number of hydrogen-bond acceptors (Lipinski definition) is 5. The zero-order chi connectivity index (χ0) is 22.8. The molecule has 6 bridgehead atoms. The molecule has 0 spiro atoms. The number of phenolic OH excluding ortho intramolecular Hbond substituents is 3. The quantitative estimate of drug-likeness (QED) is 0.268. The van der Waals surface area contributed by atoms with E-state index in [1.54, 1.807) is 36.4 Å². The average Bonchev–Trinajstić information content (AvgIpc) is 2.81. The number of fused-ring (bicyclic) bond motifs is 3. The maximum atomic E-state index is 10.3. The molecule has 33 heavy (non-hydrogen) atoms. The summed E-state index contributed by atoms with van der Waals surface area (Å²) < 4.78 is 12.0. The van der Waals surface area contributed by atoms with Crippen LogP contribution in [0.5, 0.6) is 40.2 Å². The highest BCUT2D eigenvalue weighted by Crippen LogP contribution is 2.40. The van der Waals surface area contributed by atoms with Gasteiger partial charge >= 0.3 is 0 Å². The van der Waals surface area contributed by atoms with Crippen LogP contribution in [0, 0.1) is 0 Å². The van der Waals surface area contributed by atoms with Crippen LogP contribution < -0.4 is 9.47 Å². The van der Waals surface area contributed by atoms with Crippen molar-refractivity contribution in [2.75, 3.05) is 0 Å². The molecule has 2 aliphatic rings. The van der Waals surface area contributed by atoms with E-state index in [2.05, 4.69) is 6.07 Å². The van der Waals surface area contributed by atoms with Gasteiger partial charge < -0.3 is 24.8 Å². The molecule has 2 aliphatic heterocycles. The molecule has 0 aromatic heterocycles. The lowest BCUT2D eigenvalue weighted by atomic mass is 10.0. The van der Waals surface area contributed by atoms with E-state index in [1.165, 1.54) is 6.07 Å². The highest BCUT2D eigenvalue weighted by atomic mass is 16.5. The fourth-order valence-corrected chi connectivity index (χ4v) is 3.76. The minimum Gasteiger partial charge on any atom is -0.508 e. The normalized spacial score (nSPS) is 13.7. The van der Waals surface area contributed by atoms with E-state index in [1.807, 2.05) is 42.5 Å². The van der Waals surface area contributed by atoms with Gasteiger partial charge in [0.05, 0.1) is 0 Å². The summed E-state index contributed by atoms with van der Waals surface area (Å²) in [5.41, 5.74) is 3.57. The Bertz CT molecular complexity index is 1340. The van der Waals surface area contributed by atoms with Crippen molar-refractivity contribution < 1.29 is 24.8 Å². The third-order valence-corrected chi connectivity index (χ3v) is 5.51. The van der Waals surface area contributed by atoms with Crippen molar-refractivity contribution in [1.29, 1.82) is 0 Å². The lowest BCUT2D eigenvalue weighted by Crippen LogP contribution is -1.94. The van der Waals surface area contributed by atoms with Crippen LogP contribution in [0.15, 0.2) is 78.9 Å². The largest absolute Gasteiger partial charge is 0.508 e.